The summed E-state index contributed by atoms with van der Waals surface area (Å²) in [5.41, 5.74) is 6.69. The van der Waals surface area contributed by atoms with Crippen molar-refractivity contribution in [1.82, 2.24) is 9.97 Å². The van der Waals surface area contributed by atoms with Crippen LogP contribution >= 0.6 is 0 Å². The van der Waals surface area contributed by atoms with Crippen LogP contribution in [0.2, 0.25) is 0 Å². The number of aryl methyl sites for hydroxylation is 1. The maximum absolute atomic E-state index is 5.74. The molecule has 1 aromatic rings. The lowest BCUT2D eigenvalue weighted by atomic mass is 9.98. The first-order valence-corrected chi connectivity index (χ1v) is 6.58. The van der Waals surface area contributed by atoms with E-state index >= 15 is 0 Å². The van der Waals surface area contributed by atoms with Gasteiger partial charge in [-0.15, -0.1) is 0 Å². The molecule has 1 fully saturated rings. The lowest BCUT2D eigenvalue weighted by molar-refractivity contribution is 0.432. The van der Waals surface area contributed by atoms with Crippen molar-refractivity contribution in [2.45, 2.75) is 52.0 Å². The highest BCUT2D eigenvalue weighted by Gasteiger charge is 2.23. The van der Waals surface area contributed by atoms with E-state index in [1.807, 2.05) is 13.0 Å². The second-order valence-electron chi connectivity index (χ2n) is 4.86. The van der Waals surface area contributed by atoms with Crippen LogP contribution in [-0.4, -0.2) is 22.6 Å². The third-order valence-electron chi connectivity index (χ3n) is 3.40. The molecule has 0 aromatic carbocycles. The Morgan fingerprint density at radius 3 is 2.94 bits per heavy atom. The molecule has 0 spiro atoms. The number of piperidine rings is 1. The largest absolute Gasteiger partial charge is 0.368 e. The Balaban J connectivity index is 2.22. The lowest BCUT2D eigenvalue weighted by Crippen LogP contribution is -2.40. The molecule has 2 rings (SSSR count). The van der Waals surface area contributed by atoms with Crippen LogP contribution < -0.4 is 10.6 Å². The zero-order valence-electron chi connectivity index (χ0n) is 10.8. The zero-order valence-corrected chi connectivity index (χ0v) is 10.8. The number of aromatic nitrogens is 2. The Bertz CT molecular complexity index is 355. The quantitative estimate of drug-likeness (QED) is 0.873. The predicted molar refractivity (Wildman–Crippen MR) is 71.1 cm³/mol. The summed E-state index contributed by atoms with van der Waals surface area (Å²) in [6.07, 6.45) is 6.32. The number of rotatable bonds is 3. The summed E-state index contributed by atoms with van der Waals surface area (Å²) in [7, 11) is 0. The summed E-state index contributed by atoms with van der Waals surface area (Å²) in [6, 6.07) is 2.67. The maximum Gasteiger partial charge on any atom is 0.222 e. The van der Waals surface area contributed by atoms with Crippen LogP contribution in [0, 0.1) is 6.92 Å². The summed E-state index contributed by atoms with van der Waals surface area (Å²) in [5.74, 6) is 1.40. The monoisotopic (exact) mass is 234 g/mol. The van der Waals surface area contributed by atoms with Crippen molar-refractivity contribution < 1.29 is 0 Å². The minimum atomic E-state index is 0.390. The predicted octanol–water partition coefficient (Wildman–Crippen LogP) is 2.53. The van der Waals surface area contributed by atoms with Crippen LogP contribution in [0.3, 0.4) is 0 Å². The molecular formula is C13H22N4. The number of nitrogen functional groups attached to an aromatic ring is 1. The Labute approximate surface area is 103 Å². The van der Waals surface area contributed by atoms with Crippen molar-refractivity contribution in [2.75, 3.05) is 17.2 Å². The summed E-state index contributed by atoms with van der Waals surface area (Å²) >= 11 is 0. The van der Waals surface area contributed by atoms with E-state index in [4.69, 9.17) is 5.73 Å². The minimum Gasteiger partial charge on any atom is -0.368 e. The van der Waals surface area contributed by atoms with E-state index in [2.05, 4.69) is 21.8 Å². The smallest absolute Gasteiger partial charge is 0.222 e. The summed E-state index contributed by atoms with van der Waals surface area (Å²) in [5, 5.41) is 0. The topological polar surface area (TPSA) is 55.0 Å². The number of hydrogen-bond donors (Lipinski definition) is 1. The number of nitrogens with two attached hydrogens (primary N) is 1. The van der Waals surface area contributed by atoms with E-state index in [9.17, 15) is 0 Å². The molecule has 0 amide bonds. The van der Waals surface area contributed by atoms with Crippen LogP contribution in [-0.2, 0) is 0 Å². The number of hydrogen-bond acceptors (Lipinski definition) is 4. The highest BCUT2D eigenvalue weighted by Crippen LogP contribution is 2.26. The fraction of sp³-hybridized carbons (Fsp3) is 0.692. The molecule has 4 heteroatoms. The van der Waals surface area contributed by atoms with Gasteiger partial charge in [0.1, 0.15) is 5.82 Å². The zero-order chi connectivity index (χ0) is 12.3. The Hall–Kier alpha value is -1.32. The first-order valence-electron chi connectivity index (χ1n) is 6.58. The first kappa shape index (κ1) is 12.1. The molecule has 0 aliphatic carbocycles. The first-order chi connectivity index (χ1) is 8.20. The fourth-order valence-electron chi connectivity index (χ4n) is 2.66. The van der Waals surface area contributed by atoms with Crippen LogP contribution in [0.5, 0.6) is 0 Å². The molecule has 0 radical (unpaired) electrons. The van der Waals surface area contributed by atoms with Gasteiger partial charge in [-0.05, 0) is 32.6 Å². The highest BCUT2D eigenvalue weighted by atomic mass is 15.2. The molecule has 1 saturated heterocycles. The molecule has 2 heterocycles. The van der Waals surface area contributed by atoms with Crippen LogP contribution in [0.25, 0.3) is 0 Å². The van der Waals surface area contributed by atoms with Gasteiger partial charge in [-0.3, -0.25) is 0 Å². The average Bonchev–Trinajstić information content (AvgIpc) is 2.29. The molecule has 1 unspecified atom stereocenters. The molecule has 1 atom stereocenters. The molecule has 1 aliphatic heterocycles. The normalized spacial score (nSPS) is 20.6. The Kier molecular flexibility index (Phi) is 3.82. The van der Waals surface area contributed by atoms with Crippen molar-refractivity contribution in [1.29, 1.82) is 0 Å². The van der Waals surface area contributed by atoms with Gasteiger partial charge in [-0.1, -0.05) is 13.3 Å². The van der Waals surface area contributed by atoms with Crippen molar-refractivity contribution in [3.8, 4) is 0 Å². The van der Waals surface area contributed by atoms with Gasteiger partial charge in [0.2, 0.25) is 5.95 Å². The van der Waals surface area contributed by atoms with Gasteiger partial charge in [-0.25, -0.2) is 4.98 Å². The van der Waals surface area contributed by atoms with Gasteiger partial charge in [-0.2, -0.15) is 4.98 Å². The third-order valence-corrected chi connectivity index (χ3v) is 3.40. The fourth-order valence-corrected chi connectivity index (χ4v) is 2.66. The van der Waals surface area contributed by atoms with E-state index in [0.29, 0.717) is 12.0 Å². The molecule has 4 nitrogen and oxygen atoms in total. The molecule has 2 N–H and O–H groups in total. The van der Waals surface area contributed by atoms with Crippen molar-refractivity contribution in [3.05, 3.63) is 11.8 Å². The Morgan fingerprint density at radius 1 is 1.41 bits per heavy atom. The van der Waals surface area contributed by atoms with Crippen molar-refractivity contribution >= 4 is 11.8 Å². The van der Waals surface area contributed by atoms with Gasteiger partial charge < -0.3 is 10.6 Å². The minimum absolute atomic E-state index is 0.390. The van der Waals surface area contributed by atoms with Crippen LogP contribution in [0.1, 0.15) is 44.7 Å². The van der Waals surface area contributed by atoms with E-state index in [1.54, 1.807) is 0 Å². The number of anilines is 2. The second kappa shape index (κ2) is 5.34. The molecular weight excluding hydrogens is 212 g/mol. The summed E-state index contributed by atoms with van der Waals surface area (Å²) in [4.78, 5) is 10.9. The van der Waals surface area contributed by atoms with Gasteiger partial charge in [0.05, 0.1) is 0 Å². The maximum atomic E-state index is 5.74. The SMILES string of the molecule is CCCC1CCCCN1c1cc(C)nc(N)n1. The molecule has 0 bridgehead atoms. The van der Waals surface area contributed by atoms with Crippen LogP contribution in [0.4, 0.5) is 11.8 Å². The standard InChI is InChI=1S/C13H22N4/c1-3-6-11-7-4-5-8-17(11)12-9-10(2)15-13(14)16-12/h9,11H,3-8H2,1-2H3,(H2,14,15,16). The third kappa shape index (κ3) is 2.87. The number of nitrogens with zero attached hydrogens (tertiary/aromatic N) is 3. The van der Waals surface area contributed by atoms with Gasteiger partial charge in [0, 0.05) is 24.3 Å². The summed E-state index contributed by atoms with van der Waals surface area (Å²) in [6.45, 7) is 5.31. The second-order valence-corrected chi connectivity index (χ2v) is 4.86. The van der Waals surface area contributed by atoms with Gasteiger partial charge in [0.15, 0.2) is 0 Å². The Morgan fingerprint density at radius 2 is 2.24 bits per heavy atom. The van der Waals surface area contributed by atoms with Gasteiger partial charge in [0.25, 0.3) is 0 Å². The van der Waals surface area contributed by atoms with E-state index in [-0.39, 0.29) is 0 Å². The van der Waals surface area contributed by atoms with Crippen molar-refractivity contribution in [3.63, 3.8) is 0 Å². The van der Waals surface area contributed by atoms with Crippen LogP contribution in [0.15, 0.2) is 6.07 Å². The molecule has 0 saturated carbocycles. The average molecular weight is 234 g/mol. The molecule has 1 aromatic heterocycles. The van der Waals surface area contributed by atoms with E-state index in [1.165, 1.54) is 32.1 Å². The summed E-state index contributed by atoms with van der Waals surface area (Å²) < 4.78 is 0. The molecule has 94 valence electrons. The van der Waals surface area contributed by atoms with E-state index < -0.39 is 0 Å². The molecule has 17 heavy (non-hydrogen) atoms. The van der Waals surface area contributed by atoms with Crippen molar-refractivity contribution in [2.24, 2.45) is 0 Å². The van der Waals surface area contributed by atoms with E-state index in [0.717, 1.165) is 18.1 Å². The lowest BCUT2D eigenvalue weighted by Gasteiger charge is -2.36. The van der Waals surface area contributed by atoms with Gasteiger partial charge >= 0.3 is 0 Å². The molecule has 1 aliphatic rings. The highest BCUT2D eigenvalue weighted by molar-refractivity contribution is 5.44.